The number of fused-ring (bicyclic) bond motifs is 7. The summed E-state index contributed by atoms with van der Waals surface area (Å²) in [5.41, 5.74) is -6.66. The second-order valence-electron chi connectivity index (χ2n) is 12.4. The normalized spacial score (nSPS) is 44.5. The number of furan rings is 1. The van der Waals surface area contributed by atoms with Crippen LogP contribution in [0.5, 0.6) is 0 Å². The van der Waals surface area contributed by atoms with Crippen molar-refractivity contribution in [2.75, 3.05) is 19.4 Å². The number of rotatable bonds is 6. The third-order valence-electron chi connectivity index (χ3n) is 10.4. The molecule has 1 aromatic heterocycles. The Morgan fingerprint density at radius 2 is 2.02 bits per heavy atom. The number of nitrogens with zero attached hydrogens (tertiary/aromatic N) is 1. The smallest absolute Gasteiger partial charge is 0.264 e. The highest BCUT2D eigenvalue weighted by atomic mass is 32.2. The Kier molecular flexibility index (Phi) is 6.19. The highest BCUT2D eigenvalue weighted by molar-refractivity contribution is 7.86. The molecule has 0 amide bonds. The lowest BCUT2D eigenvalue weighted by molar-refractivity contribution is -0.270. The first-order chi connectivity index (χ1) is 18.7. The van der Waals surface area contributed by atoms with Gasteiger partial charge in [-0.2, -0.15) is 13.5 Å². The number of aliphatic hydroxyl groups excluding tert-OH is 1. The van der Waals surface area contributed by atoms with Crippen molar-refractivity contribution in [2.45, 2.75) is 63.2 Å². The molecule has 2 heterocycles. The van der Waals surface area contributed by atoms with Gasteiger partial charge in [-0.3, -0.25) is 18.6 Å². The van der Waals surface area contributed by atoms with Gasteiger partial charge in [-0.1, -0.05) is 13.0 Å². The predicted octanol–water partition coefficient (Wildman–Crippen LogP) is 2.86. The van der Waals surface area contributed by atoms with E-state index in [0.717, 1.165) is 12.3 Å². The van der Waals surface area contributed by atoms with E-state index >= 15 is 8.78 Å². The maximum atomic E-state index is 17.5. The zero-order valence-electron chi connectivity index (χ0n) is 22.5. The highest BCUT2D eigenvalue weighted by Gasteiger charge is 2.79. The van der Waals surface area contributed by atoms with E-state index in [1.807, 2.05) is 0 Å². The van der Waals surface area contributed by atoms with Crippen LogP contribution < -0.4 is 0 Å². The molecule has 9 nitrogen and oxygen atoms in total. The Hall–Kier alpha value is -2.25. The quantitative estimate of drug-likeness (QED) is 0.505. The van der Waals surface area contributed by atoms with E-state index in [1.165, 1.54) is 25.3 Å². The lowest BCUT2D eigenvalue weighted by Gasteiger charge is -2.63. The molecule has 218 valence electrons. The average molecular weight is 582 g/mol. The van der Waals surface area contributed by atoms with Gasteiger partial charge in [0.05, 0.1) is 25.2 Å². The van der Waals surface area contributed by atoms with Crippen molar-refractivity contribution in [1.29, 1.82) is 0 Å². The number of hydroxylamine groups is 2. The minimum Gasteiger partial charge on any atom is -0.468 e. The van der Waals surface area contributed by atoms with Gasteiger partial charge in [0.2, 0.25) is 0 Å². The first kappa shape index (κ1) is 27.9. The maximum Gasteiger partial charge on any atom is 0.264 e. The Balaban J connectivity index is 1.42. The molecule has 9 atom stereocenters. The standard InChI is InChI=1S/C28H33F2NO8S/c1-25-7-6-17(32)10-21(25)22(29)11-20-19-9-16-13-31(14-18-5-4-8-37-18)39-28(16,24(34)15-38-40(3,35)36)26(19,2)12-23(33)27(20,25)30/h4-8,10,16,19-20,22-23,33H,9,11-15H2,1-3H3/t16-,19-,20-,22-,23-,25-,26-,27-,28-/m0/s1. The van der Waals surface area contributed by atoms with Crippen LogP contribution in [0.1, 0.15) is 38.9 Å². The average Bonchev–Trinajstić information content (AvgIpc) is 3.56. The molecule has 0 spiro atoms. The summed E-state index contributed by atoms with van der Waals surface area (Å²) in [4.78, 5) is 32.5. The topological polar surface area (TPSA) is 123 Å². The fourth-order valence-corrected chi connectivity index (χ4v) is 9.08. The van der Waals surface area contributed by atoms with Gasteiger partial charge in [0.1, 0.15) is 18.5 Å². The van der Waals surface area contributed by atoms with Gasteiger partial charge in [0, 0.05) is 29.2 Å². The van der Waals surface area contributed by atoms with Crippen molar-refractivity contribution in [2.24, 2.45) is 28.6 Å². The number of hydrogen-bond donors (Lipinski definition) is 1. The molecule has 0 radical (unpaired) electrons. The lowest BCUT2D eigenvalue weighted by atomic mass is 9.44. The van der Waals surface area contributed by atoms with Gasteiger partial charge in [-0.25, -0.2) is 8.78 Å². The predicted molar refractivity (Wildman–Crippen MR) is 136 cm³/mol. The van der Waals surface area contributed by atoms with E-state index in [-0.39, 0.29) is 31.5 Å². The Morgan fingerprint density at radius 3 is 2.70 bits per heavy atom. The van der Waals surface area contributed by atoms with Crippen LogP contribution in [0.3, 0.4) is 0 Å². The summed E-state index contributed by atoms with van der Waals surface area (Å²) in [7, 11) is -3.96. The van der Waals surface area contributed by atoms with Gasteiger partial charge in [0.15, 0.2) is 22.8 Å². The Labute approximate surface area is 231 Å². The molecule has 1 N–H and O–H groups in total. The molecular weight excluding hydrogens is 548 g/mol. The first-order valence-electron chi connectivity index (χ1n) is 13.5. The number of Topliss-reactive ketones (excluding diaryl/α,β-unsaturated/α-hetero) is 1. The molecule has 1 aromatic rings. The molecule has 6 rings (SSSR count). The summed E-state index contributed by atoms with van der Waals surface area (Å²) in [6.45, 7) is 2.95. The van der Waals surface area contributed by atoms with Crippen molar-refractivity contribution in [3.63, 3.8) is 0 Å². The number of carbonyl (C=O) groups excluding carboxylic acids is 2. The van der Waals surface area contributed by atoms with Gasteiger partial charge >= 0.3 is 0 Å². The molecule has 1 saturated heterocycles. The highest BCUT2D eigenvalue weighted by Crippen LogP contribution is 2.72. The SMILES string of the molecule is C[C@]12C=CC(=O)C=C1[C@@H](F)C[C@H]1[C@@H]3C[C@H]4CN(Cc5ccco5)O[C@@]4(C(=O)COS(C)(=O)=O)[C@@]3(C)C[C@H](O)[C@@]12F. The number of alkyl halides is 2. The molecule has 0 bridgehead atoms. The van der Waals surface area contributed by atoms with Crippen molar-refractivity contribution >= 4 is 21.7 Å². The van der Waals surface area contributed by atoms with Crippen molar-refractivity contribution in [3.05, 3.63) is 48.0 Å². The van der Waals surface area contributed by atoms with E-state index in [4.69, 9.17) is 13.4 Å². The number of ketones is 2. The van der Waals surface area contributed by atoms with Gasteiger partial charge < -0.3 is 9.52 Å². The van der Waals surface area contributed by atoms with Crippen molar-refractivity contribution < 1.29 is 45.3 Å². The molecule has 4 fully saturated rings. The van der Waals surface area contributed by atoms with Gasteiger partial charge in [-0.05, 0) is 62.0 Å². The lowest BCUT2D eigenvalue weighted by Crippen LogP contribution is -2.70. The fourth-order valence-electron chi connectivity index (χ4n) is 8.76. The summed E-state index contributed by atoms with van der Waals surface area (Å²) in [6.07, 6.45) is 2.67. The molecule has 0 unspecified atom stereocenters. The molecule has 5 aliphatic rings. The van der Waals surface area contributed by atoms with Crippen LogP contribution in [0.2, 0.25) is 0 Å². The number of halogens is 2. The van der Waals surface area contributed by atoms with Crippen LogP contribution in [0.4, 0.5) is 8.78 Å². The molecule has 3 saturated carbocycles. The van der Waals surface area contributed by atoms with E-state index < -0.39 is 80.4 Å². The van der Waals surface area contributed by atoms with Crippen molar-refractivity contribution in [3.8, 4) is 0 Å². The van der Waals surface area contributed by atoms with Crippen LogP contribution in [0, 0.1) is 28.6 Å². The van der Waals surface area contributed by atoms with E-state index in [0.29, 0.717) is 12.2 Å². The zero-order chi connectivity index (χ0) is 28.9. The largest absolute Gasteiger partial charge is 0.468 e. The maximum absolute atomic E-state index is 17.5. The molecule has 1 aliphatic heterocycles. The number of aliphatic hydroxyl groups is 1. The second-order valence-corrected chi connectivity index (χ2v) is 14.1. The molecule has 40 heavy (non-hydrogen) atoms. The molecule has 12 heteroatoms. The first-order valence-corrected chi connectivity index (χ1v) is 15.3. The minimum absolute atomic E-state index is 0.0211. The van der Waals surface area contributed by atoms with Crippen molar-refractivity contribution in [1.82, 2.24) is 5.06 Å². The summed E-state index contributed by atoms with van der Waals surface area (Å²) in [5, 5.41) is 13.2. The molecule has 0 aromatic carbocycles. The third kappa shape index (κ3) is 3.65. The number of allylic oxidation sites excluding steroid dienone is 4. The Morgan fingerprint density at radius 1 is 1.27 bits per heavy atom. The van der Waals surface area contributed by atoms with Crippen LogP contribution >= 0.6 is 0 Å². The third-order valence-corrected chi connectivity index (χ3v) is 11.0. The van der Waals surface area contributed by atoms with Crippen LogP contribution in [-0.2, 0) is 35.3 Å². The van der Waals surface area contributed by atoms with E-state index in [9.17, 15) is 23.1 Å². The van der Waals surface area contributed by atoms with E-state index in [2.05, 4.69) is 0 Å². The Bertz CT molecular complexity index is 1410. The monoisotopic (exact) mass is 581 g/mol. The minimum atomic E-state index is -3.96. The van der Waals surface area contributed by atoms with E-state index in [1.54, 1.807) is 24.1 Å². The summed E-state index contributed by atoms with van der Waals surface area (Å²) in [6, 6.07) is 3.47. The molecule has 4 aliphatic carbocycles. The summed E-state index contributed by atoms with van der Waals surface area (Å²) >= 11 is 0. The van der Waals surface area contributed by atoms with Crippen LogP contribution in [0.15, 0.2) is 46.6 Å². The van der Waals surface area contributed by atoms with Crippen LogP contribution in [-0.4, -0.2) is 73.1 Å². The number of hydrogen-bond acceptors (Lipinski definition) is 9. The number of carbonyl (C=O) groups is 2. The second kappa shape index (κ2) is 8.87. The molecular formula is C28H33F2NO8S. The summed E-state index contributed by atoms with van der Waals surface area (Å²) < 4.78 is 67.2. The summed E-state index contributed by atoms with van der Waals surface area (Å²) in [5.74, 6) is -2.55. The van der Waals surface area contributed by atoms with Crippen LogP contribution in [0.25, 0.3) is 0 Å². The zero-order valence-corrected chi connectivity index (χ0v) is 23.3. The van der Waals surface area contributed by atoms with Gasteiger partial charge in [-0.15, -0.1) is 0 Å². The van der Waals surface area contributed by atoms with Gasteiger partial charge in [0.25, 0.3) is 10.1 Å². The fraction of sp³-hybridized carbons (Fsp3) is 0.643.